The highest BCUT2D eigenvalue weighted by atomic mass is 35.5. The van der Waals surface area contributed by atoms with Crippen molar-refractivity contribution in [2.75, 3.05) is 0 Å². The fourth-order valence-corrected chi connectivity index (χ4v) is 3.31. The van der Waals surface area contributed by atoms with Gasteiger partial charge in [-0.05, 0) is 18.2 Å². The van der Waals surface area contributed by atoms with Crippen molar-refractivity contribution in [3.63, 3.8) is 0 Å². The number of hydrogen-bond donors (Lipinski definition) is 1. The number of carbonyl (C=O) groups is 1. The Morgan fingerprint density at radius 1 is 1.17 bits per heavy atom. The highest BCUT2D eigenvalue weighted by Gasteiger charge is 2.21. The Hall–Kier alpha value is -2.79. The average molecular weight is 339 g/mol. The Bertz CT molecular complexity index is 1080. The van der Waals surface area contributed by atoms with E-state index in [2.05, 4.69) is 0 Å². The van der Waals surface area contributed by atoms with E-state index in [0.29, 0.717) is 5.02 Å². The summed E-state index contributed by atoms with van der Waals surface area (Å²) in [6.07, 6.45) is 0.108. The summed E-state index contributed by atoms with van der Waals surface area (Å²) in [7, 11) is 1.95. The summed E-state index contributed by atoms with van der Waals surface area (Å²) in [6.45, 7) is 0. The van der Waals surface area contributed by atoms with Crippen molar-refractivity contribution in [3.05, 3.63) is 59.2 Å². The predicted molar refractivity (Wildman–Crippen MR) is 95.0 cm³/mol. The molecule has 0 aliphatic rings. The summed E-state index contributed by atoms with van der Waals surface area (Å²) in [5, 5.41) is 0.634. The fourth-order valence-electron chi connectivity index (χ4n) is 3.14. The largest absolute Gasteiger partial charge is 0.369 e. The molecule has 0 unspecified atom stereocenters. The molecule has 0 atom stereocenters. The maximum Gasteiger partial charge on any atom is 0.223 e. The van der Waals surface area contributed by atoms with Gasteiger partial charge in [0.1, 0.15) is 0 Å². The first-order valence-corrected chi connectivity index (χ1v) is 7.93. The van der Waals surface area contributed by atoms with E-state index in [1.807, 2.05) is 64.5 Å². The standard InChI is InChI=1S/C18H15ClN4O/c1-22-13-8-7-12(19)9-14(13)23-15(10-16(20)24)17(21-18(22)23)11-5-3-2-4-6-11/h2-9H,10H2,1H3,(H2,20,24). The van der Waals surface area contributed by atoms with Gasteiger partial charge in [0.15, 0.2) is 0 Å². The van der Waals surface area contributed by atoms with Crippen LogP contribution in [0, 0.1) is 0 Å². The summed E-state index contributed by atoms with van der Waals surface area (Å²) in [5.74, 6) is 0.357. The third kappa shape index (κ3) is 2.17. The van der Waals surface area contributed by atoms with Crippen molar-refractivity contribution in [2.24, 2.45) is 12.8 Å². The van der Waals surface area contributed by atoms with Crippen molar-refractivity contribution in [1.29, 1.82) is 0 Å². The van der Waals surface area contributed by atoms with E-state index in [0.717, 1.165) is 33.8 Å². The molecule has 0 radical (unpaired) electrons. The van der Waals surface area contributed by atoms with E-state index in [9.17, 15) is 4.79 Å². The number of fused-ring (bicyclic) bond motifs is 3. The monoisotopic (exact) mass is 338 g/mol. The molecule has 24 heavy (non-hydrogen) atoms. The van der Waals surface area contributed by atoms with Gasteiger partial charge in [0.2, 0.25) is 11.7 Å². The number of imidazole rings is 2. The Kier molecular flexibility index (Phi) is 3.32. The quantitative estimate of drug-likeness (QED) is 0.623. The van der Waals surface area contributed by atoms with Crippen LogP contribution < -0.4 is 5.73 Å². The number of rotatable bonds is 3. The van der Waals surface area contributed by atoms with Gasteiger partial charge in [-0.25, -0.2) is 4.98 Å². The summed E-state index contributed by atoms with van der Waals surface area (Å²) >= 11 is 6.18. The molecule has 4 aromatic rings. The molecule has 0 aliphatic heterocycles. The molecule has 5 nitrogen and oxygen atoms in total. The summed E-state index contributed by atoms with van der Waals surface area (Å²) < 4.78 is 3.96. The SMILES string of the molecule is Cn1c2ccc(Cl)cc2n2c(CC(N)=O)c(-c3ccccc3)nc12. The minimum atomic E-state index is -0.395. The molecule has 6 heteroatoms. The zero-order valence-electron chi connectivity index (χ0n) is 13.0. The molecular formula is C18H15ClN4O. The molecule has 120 valence electrons. The minimum absolute atomic E-state index is 0.108. The van der Waals surface area contributed by atoms with E-state index >= 15 is 0 Å². The first-order valence-electron chi connectivity index (χ1n) is 7.55. The van der Waals surface area contributed by atoms with Crippen LogP contribution in [-0.2, 0) is 18.3 Å². The number of benzene rings is 2. The predicted octanol–water partition coefficient (Wildman–Crippen LogP) is 3.17. The van der Waals surface area contributed by atoms with Crippen molar-refractivity contribution in [3.8, 4) is 11.3 Å². The van der Waals surface area contributed by atoms with E-state index < -0.39 is 5.91 Å². The van der Waals surface area contributed by atoms with Gasteiger partial charge in [0.05, 0.1) is 28.8 Å². The number of nitrogens with zero attached hydrogens (tertiary/aromatic N) is 3. The van der Waals surface area contributed by atoms with Gasteiger partial charge < -0.3 is 10.3 Å². The van der Waals surface area contributed by atoms with E-state index in [-0.39, 0.29) is 6.42 Å². The van der Waals surface area contributed by atoms with Crippen molar-refractivity contribution in [1.82, 2.24) is 14.0 Å². The third-order valence-corrected chi connectivity index (χ3v) is 4.42. The van der Waals surface area contributed by atoms with E-state index in [4.69, 9.17) is 22.3 Å². The number of carbonyl (C=O) groups excluding carboxylic acids is 1. The summed E-state index contributed by atoms with van der Waals surface area (Å²) in [4.78, 5) is 16.4. The topological polar surface area (TPSA) is 65.3 Å². The average Bonchev–Trinajstić information content (AvgIpc) is 3.05. The van der Waals surface area contributed by atoms with Gasteiger partial charge in [-0.15, -0.1) is 0 Å². The van der Waals surface area contributed by atoms with Gasteiger partial charge in [0, 0.05) is 17.6 Å². The van der Waals surface area contributed by atoms with Gasteiger partial charge in [-0.2, -0.15) is 0 Å². The third-order valence-electron chi connectivity index (χ3n) is 4.18. The van der Waals surface area contributed by atoms with Crippen LogP contribution in [-0.4, -0.2) is 19.9 Å². The van der Waals surface area contributed by atoms with Crippen LogP contribution in [0.3, 0.4) is 0 Å². The van der Waals surface area contributed by atoms with Gasteiger partial charge in [0.25, 0.3) is 0 Å². The number of hydrogen-bond acceptors (Lipinski definition) is 2. The molecule has 2 heterocycles. The zero-order valence-corrected chi connectivity index (χ0v) is 13.8. The lowest BCUT2D eigenvalue weighted by Gasteiger charge is -2.04. The molecule has 0 fully saturated rings. The molecule has 0 aliphatic carbocycles. The van der Waals surface area contributed by atoms with Gasteiger partial charge in [-0.1, -0.05) is 41.9 Å². The molecule has 1 amide bonds. The number of halogens is 1. The maximum absolute atomic E-state index is 11.7. The number of nitrogens with two attached hydrogens (primary N) is 1. The number of aryl methyl sites for hydroxylation is 1. The molecule has 0 bridgehead atoms. The van der Waals surface area contributed by atoms with Crippen molar-refractivity contribution in [2.45, 2.75) is 6.42 Å². The molecule has 4 rings (SSSR count). The first kappa shape index (κ1) is 14.8. The van der Waals surface area contributed by atoms with Crippen LogP contribution in [0.4, 0.5) is 0 Å². The fraction of sp³-hybridized carbons (Fsp3) is 0.111. The lowest BCUT2D eigenvalue weighted by molar-refractivity contribution is -0.117. The lowest BCUT2D eigenvalue weighted by Crippen LogP contribution is -2.15. The Morgan fingerprint density at radius 2 is 1.92 bits per heavy atom. The van der Waals surface area contributed by atoms with Crippen LogP contribution >= 0.6 is 11.6 Å². The first-order chi connectivity index (χ1) is 11.6. The van der Waals surface area contributed by atoms with Crippen molar-refractivity contribution < 1.29 is 4.79 Å². The zero-order chi connectivity index (χ0) is 16.8. The number of amides is 1. The number of aromatic nitrogens is 3. The van der Waals surface area contributed by atoms with Crippen molar-refractivity contribution >= 4 is 34.3 Å². The van der Waals surface area contributed by atoms with Gasteiger partial charge in [-0.3, -0.25) is 9.20 Å². The summed E-state index contributed by atoms with van der Waals surface area (Å²) in [5.41, 5.74) is 9.88. The van der Waals surface area contributed by atoms with Crippen LogP contribution in [0.2, 0.25) is 5.02 Å². The Labute approximate surface area is 143 Å². The van der Waals surface area contributed by atoms with Crippen LogP contribution in [0.5, 0.6) is 0 Å². The second-order valence-corrected chi connectivity index (χ2v) is 6.18. The second-order valence-electron chi connectivity index (χ2n) is 5.74. The smallest absolute Gasteiger partial charge is 0.223 e. The second kappa shape index (κ2) is 5.39. The van der Waals surface area contributed by atoms with Crippen LogP contribution in [0.15, 0.2) is 48.5 Å². The lowest BCUT2D eigenvalue weighted by atomic mass is 10.1. The maximum atomic E-state index is 11.7. The minimum Gasteiger partial charge on any atom is -0.369 e. The van der Waals surface area contributed by atoms with E-state index in [1.165, 1.54) is 0 Å². The molecule has 2 aromatic carbocycles. The Morgan fingerprint density at radius 3 is 2.62 bits per heavy atom. The highest BCUT2D eigenvalue weighted by Crippen LogP contribution is 2.30. The summed E-state index contributed by atoms with van der Waals surface area (Å²) in [6, 6.07) is 15.5. The van der Waals surface area contributed by atoms with Crippen LogP contribution in [0.1, 0.15) is 5.69 Å². The molecule has 0 spiro atoms. The number of primary amides is 1. The molecular weight excluding hydrogens is 324 g/mol. The van der Waals surface area contributed by atoms with E-state index in [1.54, 1.807) is 0 Å². The molecule has 2 aromatic heterocycles. The highest BCUT2D eigenvalue weighted by molar-refractivity contribution is 6.31. The normalized spacial score (nSPS) is 11.4. The molecule has 0 saturated heterocycles. The molecule has 0 saturated carbocycles. The van der Waals surface area contributed by atoms with Gasteiger partial charge >= 0.3 is 0 Å². The Balaban J connectivity index is 2.13. The molecule has 2 N–H and O–H groups in total. The van der Waals surface area contributed by atoms with Crippen LogP contribution in [0.25, 0.3) is 28.1 Å².